The Kier molecular flexibility index (Phi) is 8.61. The molecular weight excluding hydrogens is 568 g/mol. The van der Waals surface area contributed by atoms with E-state index in [1.807, 2.05) is 6.92 Å². The lowest BCUT2D eigenvalue weighted by molar-refractivity contribution is -0.432. The monoisotopic (exact) mass is 590 g/mol. The molecule has 13 heteroatoms. The molecule has 0 amide bonds. The molecule has 0 atom stereocenters. The van der Waals surface area contributed by atoms with E-state index in [0.717, 1.165) is 5.56 Å². The van der Waals surface area contributed by atoms with E-state index >= 15 is 0 Å². The maximum atomic E-state index is 12.9. The number of hydrogen-bond donors (Lipinski definition) is 2. The van der Waals surface area contributed by atoms with Crippen molar-refractivity contribution in [3.63, 3.8) is 0 Å². The summed E-state index contributed by atoms with van der Waals surface area (Å²) in [6, 6.07) is 21.4. The molecule has 0 spiro atoms. The van der Waals surface area contributed by atoms with Gasteiger partial charge in [0.2, 0.25) is 9.84 Å². The van der Waals surface area contributed by atoms with Crippen molar-refractivity contribution in [2.75, 3.05) is 7.11 Å². The summed E-state index contributed by atoms with van der Waals surface area (Å²) < 4.78 is 74.5. The van der Waals surface area contributed by atoms with Gasteiger partial charge in [-0.25, -0.2) is 13.7 Å². The molecule has 204 valence electrons. The molecule has 39 heavy (non-hydrogen) atoms. The summed E-state index contributed by atoms with van der Waals surface area (Å²) in [5.74, 6) is 0.551. The van der Waals surface area contributed by atoms with Gasteiger partial charge in [0.15, 0.2) is 0 Å². The molecule has 2 N–H and O–H groups in total. The predicted octanol–water partition coefficient (Wildman–Crippen LogP) is 5.97. The maximum Gasteiger partial charge on any atom is 0.298 e. The summed E-state index contributed by atoms with van der Waals surface area (Å²) in [6.45, 7) is 1.87. The second-order valence-electron chi connectivity index (χ2n) is 8.12. The lowest BCUT2D eigenvalue weighted by atomic mass is 10.1. The van der Waals surface area contributed by atoms with Gasteiger partial charge in [0.1, 0.15) is 22.1 Å². The lowest BCUT2D eigenvalue weighted by Crippen LogP contribution is -2.02. The molecule has 0 radical (unpaired) electrons. The molecule has 0 saturated carbocycles. The van der Waals surface area contributed by atoms with Crippen LogP contribution in [0.1, 0.15) is 5.56 Å². The van der Waals surface area contributed by atoms with Crippen molar-refractivity contribution in [2.24, 2.45) is 0 Å². The topological polar surface area (TPSA) is 146 Å². The Bertz CT molecular complexity index is 1680. The summed E-state index contributed by atoms with van der Waals surface area (Å²) >= 11 is 0.613. The fraction of sp³-hybridized carbons (Fsp3) is 0.0769. The highest BCUT2D eigenvalue weighted by atomic mass is 32.2. The number of sulfone groups is 1. The number of hydrogen-bond acceptors (Lipinski definition) is 10. The van der Waals surface area contributed by atoms with E-state index in [0.29, 0.717) is 33.8 Å². The zero-order valence-electron chi connectivity index (χ0n) is 20.5. The van der Waals surface area contributed by atoms with Crippen molar-refractivity contribution < 1.29 is 45.5 Å². The smallest absolute Gasteiger partial charge is 0.298 e. The third kappa shape index (κ3) is 6.59. The summed E-state index contributed by atoms with van der Waals surface area (Å²) in [4.78, 5) is 0.178. The van der Waals surface area contributed by atoms with Gasteiger partial charge in [-0.3, -0.25) is 4.55 Å². The molecule has 0 aliphatic heterocycles. The van der Waals surface area contributed by atoms with Gasteiger partial charge in [0.25, 0.3) is 10.1 Å². The van der Waals surface area contributed by atoms with Crippen LogP contribution < -0.4 is 9.47 Å². The van der Waals surface area contributed by atoms with Crippen molar-refractivity contribution in [1.82, 2.24) is 0 Å². The molecule has 0 aliphatic carbocycles. The summed E-state index contributed by atoms with van der Waals surface area (Å²) in [6.07, 6.45) is 0. The minimum absolute atomic E-state index is 0.0272. The fourth-order valence-corrected chi connectivity index (χ4v) is 6.03. The van der Waals surface area contributed by atoms with E-state index < -0.39 is 24.9 Å². The Hall–Kier alpha value is -3.43. The Labute approximate surface area is 229 Å². The Morgan fingerprint density at radius 3 is 1.87 bits per heavy atom. The highest BCUT2D eigenvalue weighted by Crippen LogP contribution is 2.38. The molecule has 10 nitrogen and oxygen atoms in total. The van der Waals surface area contributed by atoms with Crippen LogP contribution in [0.3, 0.4) is 0 Å². The summed E-state index contributed by atoms with van der Waals surface area (Å²) in [7, 11) is -6.99. The number of aryl methyl sites for hydroxylation is 1. The third-order valence-electron chi connectivity index (χ3n) is 5.57. The number of benzene rings is 4. The van der Waals surface area contributed by atoms with Gasteiger partial charge in [-0.15, -0.1) is 4.33 Å². The Balaban J connectivity index is 1.64. The molecule has 4 aromatic rings. The van der Waals surface area contributed by atoms with E-state index in [1.165, 1.54) is 43.5 Å². The van der Waals surface area contributed by atoms with Crippen LogP contribution in [0.5, 0.6) is 17.2 Å². The van der Waals surface area contributed by atoms with Crippen LogP contribution in [0.4, 0.5) is 0 Å². The third-order valence-corrected chi connectivity index (χ3v) is 8.85. The molecule has 4 aromatic carbocycles. The van der Waals surface area contributed by atoms with Crippen molar-refractivity contribution >= 4 is 32.0 Å². The van der Waals surface area contributed by atoms with E-state index in [2.05, 4.69) is 9.37 Å². The van der Waals surface area contributed by atoms with Crippen molar-refractivity contribution in [3.05, 3.63) is 90.5 Å². The van der Waals surface area contributed by atoms with E-state index in [1.54, 1.807) is 48.5 Å². The van der Waals surface area contributed by atoms with Crippen LogP contribution in [-0.2, 0) is 29.3 Å². The number of rotatable bonds is 10. The molecule has 0 heterocycles. The SMILES string of the molecule is COc1ccc(-c2ccc(Oc3ccc(S(=O)(=O)c4ccc(C)cc4)cc3)c(SOOO)c2)cc1S(=O)(=O)O. The van der Waals surface area contributed by atoms with E-state index in [9.17, 15) is 21.4 Å². The van der Waals surface area contributed by atoms with Gasteiger partial charge in [-0.05, 0) is 78.7 Å². The first-order chi connectivity index (χ1) is 18.5. The van der Waals surface area contributed by atoms with Gasteiger partial charge < -0.3 is 9.47 Å². The molecule has 0 unspecified atom stereocenters. The first kappa shape index (κ1) is 28.6. The van der Waals surface area contributed by atoms with Crippen molar-refractivity contribution in [3.8, 4) is 28.4 Å². The van der Waals surface area contributed by atoms with E-state index in [4.69, 9.17) is 14.7 Å². The number of methoxy groups -OCH3 is 1. The van der Waals surface area contributed by atoms with Crippen molar-refractivity contribution in [1.29, 1.82) is 0 Å². The molecule has 4 rings (SSSR count). The fourth-order valence-electron chi connectivity index (χ4n) is 3.61. The molecule has 0 saturated heterocycles. The van der Waals surface area contributed by atoms with Gasteiger partial charge in [0.05, 0.1) is 33.8 Å². The Morgan fingerprint density at radius 1 is 0.744 bits per heavy atom. The van der Waals surface area contributed by atoms with Gasteiger partial charge in [-0.2, -0.15) is 8.42 Å². The molecule has 0 aliphatic rings. The summed E-state index contributed by atoms with van der Waals surface area (Å²) in [5, 5.41) is 12.3. The highest BCUT2D eigenvalue weighted by Gasteiger charge is 2.20. The minimum atomic E-state index is -4.56. The first-order valence-corrected chi connectivity index (χ1v) is 14.7. The molecule has 0 fully saturated rings. The van der Waals surface area contributed by atoms with Gasteiger partial charge in [0, 0.05) is 0 Å². The largest absolute Gasteiger partial charge is 0.495 e. The van der Waals surface area contributed by atoms with Crippen LogP contribution in [0.15, 0.2) is 105 Å². The zero-order chi connectivity index (χ0) is 28.2. The summed E-state index contributed by atoms with van der Waals surface area (Å²) in [5.41, 5.74) is 1.88. The molecule has 0 aromatic heterocycles. The van der Waals surface area contributed by atoms with Crippen molar-refractivity contribution in [2.45, 2.75) is 26.5 Å². The second-order valence-corrected chi connectivity index (χ2v) is 12.2. The average Bonchev–Trinajstić information content (AvgIpc) is 2.92. The number of ether oxygens (including phenoxy) is 2. The van der Waals surface area contributed by atoms with Gasteiger partial charge >= 0.3 is 0 Å². The van der Waals surface area contributed by atoms with Crippen LogP contribution in [0.25, 0.3) is 11.1 Å². The zero-order valence-corrected chi connectivity index (χ0v) is 22.9. The maximum absolute atomic E-state index is 12.9. The highest BCUT2D eigenvalue weighted by molar-refractivity contribution is 7.94. The van der Waals surface area contributed by atoms with Gasteiger partial charge in [-0.1, -0.05) is 34.9 Å². The molecular formula is C26H22O10S3. The van der Waals surface area contributed by atoms with Crippen LogP contribution in [0.2, 0.25) is 0 Å². The first-order valence-electron chi connectivity index (χ1n) is 11.1. The van der Waals surface area contributed by atoms with Crippen LogP contribution in [-0.4, -0.2) is 33.8 Å². The standard InChI is InChI=1S/C26H22O10S3/c1-17-3-9-21(10-4-17)38(28,29)22-11-7-20(8-12-22)34-23-13-5-18(15-25(23)37-36-35-27)19-6-14-24(33-2)26(16-19)39(30,31)32/h3-16,27H,1-2H3,(H,30,31,32). The van der Waals surface area contributed by atoms with Crippen LogP contribution in [0, 0.1) is 6.92 Å². The minimum Gasteiger partial charge on any atom is -0.495 e. The molecule has 0 bridgehead atoms. The Morgan fingerprint density at radius 2 is 1.31 bits per heavy atom. The quantitative estimate of drug-likeness (QED) is 0.0974. The average molecular weight is 591 g/mol. The van der Waals surface area contributed by atoms with Crippen LogP contribution >= 0.6 is 12.0 Å². The predicted molar refractivity (Wildman–Crippen MR) is 142 cm³/mol. The van der Waals surface area contributed by atoms with E-state index in [-0.39, 0.29) is 21.3 Å². The lowest BCUT2D eigenvalue weighted by Gasteiger charge is -2.13. The second kappa shape index (κ2) is 11.8. The normalized spacial score (nSPS) is 11.8.